The van der Waals surface area contributed by atoms with Crippen LogP contribution in [0, 0.1) is 5.92 Å². The first-order valence-corrected chi connectivity index (χ1v) is 8.87. The van der Waals surface area contributed by atoms with Gasteiger partial charge in [0.1, 0.15) is 0 Å². The van der Waals surface area contributed by atoms with Crippen LogP contribution in [0.5, 0.6) is 0 Å². The minimum atomic E-state index is 0.0857. The summed E-state index contributed by atoms with van der Waals surface area (Å²) < 4.78 is 0. The molecule has 3 N–H and O–H groups in total. The number of rotatable bonds is 7. The third kappa shape index (κ3) is 6.77. The van der Waals surface area contributed by atoms with E-state index in [0.717, 1.165) is 25.5 Å². The van der Waals surface area contributed by atoms with E-state index in [1.54, 1.807) is 7.05 Å². The Balaban J connectivity index is 2.34. The molecule has 0 saturated carbocycles. The van der Waals surface area contributed by atoms with Crippen molar-refractivity contribution in [3.05, 3.63) is 0 Å². The fourth-order valence-electron chi connectivity index (χ4n) is 2.73. The number of carbonyl (C=O) groups excluding carboxylic acids is 1. The van der Waals surface area contributed by atoms with Crippen LogP contribution in [0.15, 0.2) is 4.99 Å². The van der Waals surface area contributed by atoms with Crippen LogP contribution in [0.4, 0.5) is 0 Å². The molecule has 0 radical (unpaired) electrons. The van der Waals surface area contributed by atoms with Gasteiger partial charge in [-0.25, -0.2) is 0 Å². The van der Waals surface area contributed by atoms with Crippen LogP contribution in [0.3, 0.4) is 0 Å². The third-order valence-electron chi connectivity index (χ3n) is 4.58. The molecule has 1 rings (SSSR count). The number of guanidine groups is 1. The quantitative estimate of drug-likeness (QED) is 0.486. The number of carbonyl (C=O) groups is 1. The first-order chi connectivity index (χ1) is 10.9. The van der Waals surface area contributed by atoms with Crippen molar-refractivity contribution < 1.29 is 4.79 Å². The van der Waals surface area contributed by atoms with Gasteiger partial charge in [0, 0.05) is 51.2 Å². The molecule has 6 heteroatoms. The molecule has 0 aromatic rings. The maximum Gasteiger partial charge on any atom is 0.221 e. The highest BCUT2D eigenvalue weighted by Crippen LogP contribution is 2.18. The van der Waals surface area contributed by atoms with Gasteiger partial charge in [0.15, 0.2) is 5.96 Å². The van der Waals surface area contributed by atoms with Crippen LogP contribution >= 0.6 is 0 Å². The molecule has 0 spiro atoms. The Labute approximate surface area is 141 Å². The molecule has 1 aliphatic rings. The molecule has 0 bridgehead atoms. The molecule has 0 aliphatic carbocycles. The number of likely N-dealkylation sites (tertiary alicyclic amines) is 1. The molecule has 1 aliphatic heterocycles. The zero-order valence-electron chi connectivity index (χ0n) is 15.6. The smallest absolute Gasteiger partial charge is 0.221 e. The first-order valence-electron chi connectivity index (χ1n) is 8.87. The monoisotopic (exact) mass is 325 g/mol. The van der Waals surface area contributed by atoms with Crippen molar-refractivity contribution in [2.75, 3.05) is 26.7 Å². The van der Waals surface area contributed by atoms with Gasteiger partial charge in [-0.3, -0.25) is 14.7 Å². The lowest BCUT2D eigenvalue weighted by atomic mass is 10.1. The molecule has 23 heavy (non-hydrogen) atoms. The van der Waals surface area contributed by atoms with Gasteiger partial charge in [-0.05, 0) is 33.1 Å². The molecule has 0 aromatic carbocycles. The van der Waals surface area contributed by atoms with E-state index >= 15 is 0 Å². The Bertz CT molecular complexity index is 396. The Kier molecular flexibility index (Phi) is 8.37. The molecule has 1 heterocycles. The van der Waals surface area contributed by atoms with Crippen molar-refractivity contribution >= 4 is 11.9 Å². The number of nitrogens with zero attached hydrogens (tertiary/aromatic N) is 2. The Hall–Kier alpha value is -1.30. The maximum absolute atomic E-state index is 11.8. The van der Waals surface area contributed by atoms with Gasteiger partial charge >= 0.3 is 0 Å². The first kappa shape index (κ1) is 19.7. The van der Waals surface area contributed by atoms with E-state index in [9.17, 15) is 4.79 Å². The second-order valence-electron chi connectivity index (χ2n) is 6.90. The lowest BCUT2D eigenvalue weighted by Gasteiger charge is -2.22. The summed E-state index contributed by atoms with van der Waals surface area (Å²) in [5.41, 5.74) is 0. The lowest BCUT2D eigenvalue weighted by Crippen LogP contribution is -2.47. The molecular formula is C17H35N5O. The average molecular weight is 326 g/mol. The van der Waals surface area contributed by atoms with Crippen LogP contribution < -0.4 is 16.0 Å². The van der Waals surface area contributed by atoms with Gasteiger partial charge in [0.05, 0.1) is 0 Å². The van der Waals surface area contributed by atoms with E-state index in [-0.39, 0.29) is 11.9 Å². The van der Waals surface area contributed by atoms with E-state index in [4.69, 9.17) is 0 Å². The van der Waals surface area contributed by atoms with Gasteiger partial charge in [-0.2, -0.15) is 0 Å². The van der Waals surface area contributed by atoms with Crippen LogP contribution in [0.2, 0.25) is 0 Å². The number of nitrogens with one attached hydrogen (secondary N) is 3. The molecule has 0 aromatic heterocycles. The zero-order valence-corrected chi connectivity index (χ0v) is 15.6. The number of aliphatic imine (C=N–C) groups is 1. The standard InChI is InChI=1S/C17H35N5O/c1-7-14(5)20-16(23)8-9-19-17(18-6)21-15-11-22(12(2)3)10-13(15)4/h12-15H,7-11H2,1-6H3,(H,20,23)(H2,18,19,21). The van der Waals surface area contributed by atoms with E-state index in [1.807, 2.05) is 6.92 Å². The van der Waals surface area contributed by atoms with Crippen molar-refractivity contribution in [1.29, 1.82) is 0 Å². The highest BCUT2D eigenvalue weighted by atomic mass is 16.1. The van der Waals surface area contributed by atoms with Gasteiger partial charge in [-0.1, -0.05) is 13.8 Å². The molecule has 3 unspecified atom stereocenters. The predicted octanol–water partition coefficient (Wildman–Crippen LogP) is 1.18. The second kappa shape index (κ2) is 9.75. The summed E-state index contributed by atoms with van der Waals surface area (Å²) in [5, 5.41) is 9.71. The van der Waals surface area contributed by atoms with Crippen LogP contribution in [-0.2, 0) is 4.79 Å². The predicted molar refractivity (Wildman–Crippen MR) is 96.7 cm³/mol. The third-order valence-corrected chi connectivity index (χ3v) is 4.58. The van der Waals surface area contributed by atoms with Crippen LogP contribution in [0.1, 0.15) is 47.5 Å². The fourth-order valence-corrected chi connectivity index (χ4v) is 2.73. The highest BCUT2D eigenvalue weighted by Gasteiger charge is 2.31. The lowest BCUT2D eigenvalue weighted by molar-refractivity contribution is -0.121. The summed E-state index contributed by atoms with van der Waals surface area (Å²) in [7, 11) is 1.77. The summed E-state index contributed by atoms with van der Waals surface area (Å²) in [6.45, 7) is 13.6. The van der Waals surface area contributed by atoms with Crippen molar-refractivity contribution in [3.63, 3.8) is 0 Å². The summed E-state index contributed by atoms with van der Waals surface area (Å²) in [6.07, 6.45) is 1.41. The number of hydrogen-bond acceptors (Lipinski definition) is 3. The summed E-state index contributed by atoms with van der Waals surface area (Å²) in [5.74, 6) is 1.45. The molecule has 134 valence electrons. The van der Waals surface area contributed by atoms with Crippen LogP contribution in [0.25, 0.3) is 0 Å². The van der Waals surface area contributed by atoms with E-state index in [1.165, 1.54) is 0 Å². The van der Waals surface area contributed by atoms with E-state index in [2.05, 4.69) is 53.5 Å². The minimum Gasteiger partial charge on any atom is -0.356 e. The molecule has 1 amide bonds. The number of hydrogen-bond donors (Lipinski definition) is 3. The van der Waals surface area contributed by atoms with Gasteiger partial charge in [0.25, 0.3) is 0 Å². The summed E-state index contributed by atoms with van der Waals surface area (Å²) >= 11 is 0. The van der Waals surface area contributed by atoms with E-state index in [0.29, 0.717) is 31.0 Å². The second-order valence-corrected chi connectivity index (χ2v) is 6.90. The fraction of sp³-hybridized carbons (Fsp3) is 0.882. The van der Waals surface area contributed by atoms with Crippen molar-refractivity contribution in [3.8, 4) is 0 Å². The van der Waals surface area contributed by atoms with Gasteiger partial charge in [-0.15, -0.1) is 0 Å². The summed E-state index contributed by atoms with van der Waals surface area (Å²) in [6, 6.07) is 1.21. The average Bonchev–Trinajstić information content (AvgIpc) is 2.87. The Morgan fingerprint density at radius 2 is 2.00 bits per heavy atom. The molecule has 1 fully saturated rings. The largest absolute Gasteiger partial charge is 0.356 e. The van der Waals surface area contributed by atoms with Crippen molar-refractivity contribution in [2.24, 2.45) is 10.9 Å². The maximum atomic E-state index is 11.8. The van der Waals surface area contributed by atoms with E-state index < -0.39 is 0 Å². The minimum absolute atomic E-state index is 0.0857. The zero-order chi connectivity index (χ0) is 17.4. The topological polar surface area (TPSA) is 68.8 Å². The Morgan fingerprint density at radius 3 is 2.52 bits per heavy atom. The van der Waals surface area contributed by atoms with Gasteiger partial charge in [0.2, 0.25) is 5.91 Å². The van der Waals surface area contributed by atoms with Gasteiger partial charge < -0.3 is 16.0 Å². The Morgan fingerprint density at radius 1 is 1.30 bits per heavy atom. The van der Waals surface area contributed by atoms with Crippen molar-refractivity contribution in [2.45, 2.75) is 65.6 Å². The molecule has 1 saturated heterocycles. The van der Waals surface area contributed by atoms with Crippen LogP contribution in [-0.4, -0.2) is 61.6 Å². The summed E-state index contributed by atoms with van der Waals surface area (Å²) in [4.78, 5) is 18.5. The molecular weight excluding hydrogens is 290 g/mol. The normalized spacial score (nSPS) is 23.9. The van der Waals surface area contributed by atoms with Crippen molar-refractivity contribution in [1.82, 2.24) is 20.9 Å². The number of amides is 1. The highest BCUT2D eigenvalue weighted by molar-refractivity contribution is 5.81. The molecule has 3 atom stereocenters. The SMILES string of the molecule is CCC(C)NC(=O)CCNC(=NC)NC1CN(C(C)C)CC1C. The molecule has 6 nitrogen and oxygen atoms in total.